The first-order chi connectivity index (χ1) is 15.2. The summed E-state index contributed by atoms with van der Waals surface area (Å²) < 4.78 is 10.6. The van der Waals surface area contributed by atoms with Crippen LogP contribution >= 0.6 is 27.5 Å². The summed E-state index contributed by atoms with van der Waals surface area (Å²) in [6, 6.07) is 11.6. The summed E-state index contributed by atoms with van der Waals surface area (Å²) in [7, 11) is 1.19. The lowest BCUT2D eigenvalue weighted by atomic mass is 10.0. The van der Waals surface area contributed by atoms with E-state index >= 15 is 0 Å². The molecule has 3 N–H and O–H groups in total. The van der Waals surface area contributed by atoms with Gasteiger partial charge < -0.3 is 25.2 Å². The molecule has 0 aliphatic heterocycles. The van der Waals surface area contributed by atoms with Crippen molar-refractivity contribution < 1.29 is 29.0 Å². The number of halogens is 2. The van der Waals surface area contributed by atoms with Crippen LogP contribution in [0.4, 0.5) is 4.79 Å². The molecule has 2 aromatic rings. The second-order valence-electron chi connectivity index (χ2n) is 6.95. The molecule has 2 amide bonds. The molecule has 0 saturated heterocycles. The average molecular weight is 528 g/mol. The number of alkyl carbamates (subject to hydrolysis) is 1. The molecule has 0 heterocycles. The second kappa shape index (κ2) is 12.4. The maximum Gasteiger partial charge on any atom is 0.408 e. The van der Waals surface area contributed by atoms with Crippen LogP contribution in [0.1, 0.15) is 18.1 Å². The molecule has 32 heavy (non-hydrogen) atoms. The van der Waals surface area contributed by atoms with Crippen molar-refractivity contribution in [2.24, 2.45) is 0 Å². The van der Waals surface area contributed by atoms with Gasteiger partial charge in [-0.2, -0.15) is 0 Å². The zero-order chi connectivity index (χ0) is 23.7. The summed E-state index contributed by atoms with van der Waals surface area (Å²) in [6.07, 6.45) is -2.07. The third-order valence-corrected chi connectivity index (χ3v) is 5.49. The Hall–Kier alpha value is -2.62. The number of aliphatic hydroxyl groups excluding tert-OH is 1. The Morgan fingerprint density at radius 1 is 1.12 bits per heavy atom. The van der Waals surface area contributed by atoms with Gasteiger partial charge in [-0.25, -0.2) is 9.59 Å². The van der Waals surface area contributed by atoms with Crippen LogP contribution in [0.5, 0.6) is 0 Å². The van der Waals surface area contributed by atoms with Crippen molar-refractivity contribution in [1.82, 2.24) is 10.6 Å². The first kappa shape index (κ1) is 25.6. The van der Waals surface area contributed by atoms with Gasteiger partial charge in [-0.15, -0.1) is 0 Å². The first-order valence-electron chi connectivity index (χ1n) is 9.68. The molecule has 0 aliphatic rings. The van der Waals surface area contributed by atoms with Crippen molar-refractivity contribution in [2.45, 2.75) is 38.1 Å². The number of rotatable bonds is 9. The van der Waals surface area contributed by atoms with E-state index in [1.165, 1.54) is 14.0 Å². The van der Waals surface area contributed by atoms with Gasteiger partial charge in [-0.1, -0.05) is 57.9 Å². The van der Waals surface area contributed by atoms with Gasteiger partial charge >= 0.3 is 12.1 Å². The van der Waals surface area contributed by atoms with Crippen molar-refractivity contribution in [3.05, 3.63) is 69.2 Å². The summed E-state index contributed by atoms with van der Waals surface area (Å²) in [5, 5.41) is 15.3. The van der Waals surface area contributed by atoms with Gasteiger partial charge in [-0.3, -0.25) is 4.79 Å². The van der Waals surface area contributed by atoms with E-state index in [0.29, 0.717) is 15.1 Å². The van der Waals surface area contributed by atoms with Crippen LogP contribution in [0.2, 0.25) is 5.02 Å². The predicted molar refractivity (Wildman–Crippen MR) is 122 cm³/mol. The topological polar surface area (TPSA) is 114 Å². The number of amides is 2. The lowest BCUT2D eigenvalue weighted by Crippen LogP contribution is -2.56. The SMILES string of the molecule is COC(=O)[C@H](Cc1cc(Cl)ccc1Br)NC(=O)[C@@H](NC(=O)OCc1ccccc1)[C@@H](C)O. The number of aliphatic hydroxyl groups is 1. The molecular formula is C22H24BrClN2O6. The molecule has 172 valence electrons. The molecule has 0 unspecified atom stereocenters. The third kappa shape index (κ3) is 7.81. The van der Waals surface area contributed by atoms with Crippen LogP contribution in [0.25, 0.3) is 0 Å². The average Bonchev–Trinajstić information content (AvgIpc) is 2.77. The Kier molecular flexibility index (Phi) is 9.96. The molecule has 0 radical (unpaired) electrons. The van der Waals surface area contributed by atoms with Crippen molar-refractivity contribution >= 4 is 45.5 Å². The van der Waals surface area contributed by atoms with E-state index in [-0.39, 0.29) is 13.0 Å². The van der Waals surface area contributed by atoms with Gasteiger partial charge in [0.15, 0.2) is 0 Å². The van der Waals surface area contributed by atoms with Crippen LogP contribution in [0.15, 0.2) is 53.0 Å². The fourth-order valence-electron chi connectivity index (χ4n) is 2.81. The molecule has 0 aliphatic carbocycles. The van der Waals surface area contributed by atoms with Gasteiger partial charge in [0.1, 0.15) is 18.7 Å². The van der Waals surface area contributed by atoms with Crippen LogP contribution in [0.3, 0.4) is 0 Å². The van der Waals surface area contributed by atoms with Gasteiger partial charge in [-0.05, 0) is 36.2 Å². The van der Waals surface area contributed by atoms with Gasteiger partial charge in [0.25, 0.3) is 0 Å². The van der Waals surface area contributed by atoms with E-state index in [1.54, 1.807) is 42.5 Å². The molecule has 2 aromatic carbocycles. The summed E-state index contributed by atoms with van der Waals surface area (Å²) >= 11 is 9.40. The van der Waals surface area contributed by atoms with Crippen molar-refractivity contribution in [2.75, 3.05) is 7.11 Å². The Morgan fingerprint density at radius 3 is 2.44 bits per heavy atom. The number of nitrogens with one attached hydrogen (secondary N) is 2. The third-order valence-electron chi connectivity index (χ3n) is 4.48. The summed E-state index contributed by atoms with van der Waals surface area (Å²) in [6.45, 7) is 1.33. The Balaban J connectivity index is 2.06. The first-order valence-corrected chi connectivity index (χ1v) is 10.9. The number of hydrogen-bond acceptors (Lipinski definition) is 6. The van der Waals surface area contributed by atoms with Gasteiger partial charge in [0, 0.05) is 15.9 Å². The number of esters is 1. The van der Waals surface area contributed by atoms with Crippen LogP contribution in [-0.4, -0.2) is 48.4 Å². The Labute approximate surface area is 199 Å². The summed E-state index contributed by atoms with van der Waals surface area (Å²) in [4.78, 5) is 37.2. The standard InChI is InChI=1S/C22H24BrClN2O6/c1-13(27)19(26-22(30)32-12-14-6-4-3-5-7-14)20(28)25-18(21(29)31-2)11-15-10-16(24)8-9-17(15)23/h3-10,13,18-19,27H,11-12H2,1-2H3,(H,25,28)(H,26,30)/t13-,18+,19+/m1/s1. The lowest BCUT2D eigenvalue weighted by Gasteiger charge is -2.24. The van der Waals surface area contributed by atoms with Crippen molar-refractivity contribution in [1.29, 1.82) is 0 Å². The monoisotopic (exact) mass is 526 g/mol. The smallest absolute Gasteiger partial charge is 0.408 e. The van der Waals surface area contributed by atoms with E-state index in [9.17, 15) is 19.5 Å². The Bertz CT molecular complexity index is 941. The quantitative estimate of drug-likeness (QED) is 0.432. The fourth-order valence-corrected chi connectivity index (χ4v) is 3.42. The van der Waals surface area contributed by atoms with Crippen molar-refractivity contribution in [3.63, 3.8) is 0 Å². The molecule has 0 saturated carbocycles. The Morgan fingerprint density at radius 2 is 1.81 bits per heavy atom. The molecule has 10 heteroatoms. The molecule has 0 fully saturated rings. The fraction of sp³-hybridized carbons (Fsp3) is 0.318. The van der Waals surface area contributed by atoms with E-state index in [4.69, 9.17) is 21.1 Å². The number of hydrogen-bond donors (Lipinski definition) is 3. The highest BCUT2D eigenvalue weighted by molar-refractivity contribution is 9.10. The maximum absolute atomic E-state index is 12.8. The number of carbonyl (C=O) groups excluding carboxylic acids is 3. The highest BCUT2D eigenvalue weighted by Gasteiger charge is 2.31. The molecule has 3 atom stereocenters. The van der Waals surface area contributed by atoms with Crippen LogP contribution in [0, 0.1) is 0 Å². The highest BCUT2D eigenvalue weighted by Crippen LogP contribution is 2.22. The number of benzene rings is 2. The zero-order valence-electron chi connectivity index (χ0n) is 17.5. The van der Waals surface area contributed by atoms with E-state index in [1.807, 2.05) is 6.07 Å². The zero-order valence-corrected chi connectivity index (χ0v) is 19.9. The molecule has 8 nitrogen and oxygen atoms in total. The number of methoxy groups -OCH3 is 1. The van der Waals surface area contributed by atoms with E-state index < -0.39 is 36.2 Å². The molecular weight excluding hydrogens is 504 g/mol. The minimum absolute atomic E-state index is 0.00555. The van der Waals surface area contributed by atoms with Gasteiger partial charge in [0.2, 0.25) is 5.91 Å². The summed E-state index contributed by atoms with van der Waals surface area (Å²) in [5.74, 6) is -1.47. The van der Waals surface area contributed by atoms with Gasteiger partial charge in [0.05, 0.1) is 13.2 Å². The normalized spacial score (nSPS) is 13.4. The van der Waals surface area contributed by atoms with E-state index in [2.05, 4.69) is 26.6 Å². The lowest BCUT2D eigenvalue weighted by molar-refractivity contribution is -0.145. The second-order valence-corrected chi connectivity index (χ2v) is 8.24. The molecule has 0 aromatic heterocycles. The molecule has 0 bridgehead atoms. The predicted octanol–water partition coefficient (Wildman–Crippen LogP) is 2.98. The van der Waals surface area contributed by atoms with E-state index in [0.717, 1.165) is 5.56 Å². The van der Waals surface area contributed by atoms with Crippen molar-refractivity contribution in [3.8, 4) is 0 Å². The minimum Gasteiger partial charge on any atom is -0.467 e. The van der Waals surface area contributed by atoms with Crippen LogP contribution in [-0.2, 0) is 32.1 Å². The minimum atomic E-state index is -1.35. The van der Waals surface area contributed by atoms with Crippen LogP contribution < -0.4 is 10.6 Å². The maximum atomic E-state index is 12.8. The molecule has 0 spiro atoms. The highest BCUT2D eigenvalue weighted by atomic mass is 79.9. The number of ether oxygens (including phenoxy) is 2. The summed E-state index contributed by atoms with van der Waals surface area (Å²) in [5.41, 5.74) is 1.43. The number of carbonyl (C=O) groups is 3. The molecule has 2 rings (SSSR count). The largest absolute Gasteiger partial charge is 0.467 e.